The smallest absolute Gasteiger partial charge is 0.225 e. The standard InChI is InChI=1S/C23H29N5O/c1-2-8-21(9-3-1)20-29-22-18-24-23(25-19-22)28-16-14-27(15-17-28)13-7-6-12-26-10-4-5-11-26/h1-5,8-11,18-19H,6-7,12-17,20H2. The molecular formula is C23H29N5O. The van der Waals surface area contributed by atoms with Gasteiger partial charge < -0.3 is 14.2 Å². The molecule has 2 aromatic heterocycles. The van der Waals surface area contributed by atoms with E-state index in [2.05, 4.69) is 61.0 Å². The van der Waals surface area contributed by atoms with Gasteiger partial charge in [0, 0.05) is 45.1 Å². The van der Waals surface area contributed by atoms with Crippen molar-refractivity contribution in [3.63, 3.8) is 0 Å². The number of rotatable bonds is 9. The lowest BCUT2D eigenvalue weighted by molar-refractivity contribution is 0.250. The molecule has 1 saturated heterocycles. The first-order valence-electron chi connectivity index (χ1n) is 10.4. The zero-order chi connectivity index (χ0) is 19.7. The van der Waals surface area contributed by atoms with Crippen molar-refractivity contribution in [2.45, 2.75) is 26.0 Å². The van der Waals surface area contributed by atoms with Crippen molar-refractivity contribution in [1.82, 2.24) is 19.4 Å². The molecule has 0 atom stereocenters. The zero-order valence-corrected chi connectivity index (χ0v) is 16.9. The number of unbranched alkanes of at least 4 members (excludes halogenated alkanes) is 1. The number of anilines is 1. The van der Waals surface area contributed by atoms with E-state index in [-0.39, 0.29) is 0 Å². The van der Waals surface area contributed by atoms with Gasteiger partial charge in [-0.1, -0.05) is 30.3 Å². The molecule has 1 fully saturated rings. The average Bonchev–Trinajstić information content (AvgIpc) is 3.31. The summed E-state index contributed by atoms with van der Waals surface area (Å²) in [6.45, 7) is 6.90. The van der Waals surface area contributed by atoms with Gasteiger partial charge in [-0.05, 0) is 37.1 Å². The second kappa shape index (κ2) is 10.1. The van der Waals surface area contributed by atoms with Crippen LogP contribution in [0, 0.1) is 0 Å². The molecule has 1 aliphatic heterocycles. The minimum Gasteiger partial charge on any atom is -0.486 e. The van der Waals surface area contributed by atoms with Crippen LogP contribution in [0.3, 0.4) is 0 Å². The number of aromatic nitrogens is 3. The van der Waals surface area contributed by atoms with E-state index in [1.165, 1.54) is 19.4 Å². The van der Waals surface area contributed by atoms with E-state index in [4.69, 9.17) is 4.74 Å². The highest BCUT2D eigenvalue weighted by atomic mass is 16.5. The zero-order valence-electron chi connectivity index (χ0n) is 16.9. The Hall–Kier alpha value is -2.86. The second-order valence-corrected chi connectivity index (χ2v) is 7.45. The number of nitrogens with zero attached hydrogens (tertiary/aromatic N) is 5. The molecule has 4 rings (SSSR count). The van der Waals surface area contributed by atoms with E-state index in [1.54, 1.807) is 12.4 Å². The van der Waals surface area contributed by atoms with Crippen molar-refractivity contribution in [2.75, 3.05) is 37.6 Å². The maximum absolute atomic E-state index is 5.78. The van der Waals surface area contributed by atoms with Gasteiger partial charge in [0.1, 0.15) is 6.61 Å². The fraction of sp³-hybridized carbons (Fsp3) is 0.391. The monoisotopic (exact) mass is 391 g/mol. The van der Waals surface area contributed by atoms with E-state index in [0.717, 1.165) is 44.2 Å². The van der Waals surface area contributed by atoms with E-state index < -0.39 is 0 Å². The molecule has 0 aliphatic carbocycles. The van der Waals surface area contributed by atoms with Crippen LogP contribution in [-0.2, 0) is 13.2 Å². The molecule has 6 nitrogen and oxygen atoms in total. The number of aryl methyl sites for hydroxylation is 1. The van der Waals surface area contributed by atoms with Crippen molar-refractivity contribution < 1.29 is 4.74 Å². The first kappa shape index (κ1) is 19.5. The molecule has 3 aromatic rings. The third kappa shape index (κ3) is 5.81. The van der Waals surface area contributed by atoms with E-state index in [9.17, 15) is 0 Å². The van der Waals surface area contributed by atoms with Gasteiger partial charge in [-0.3, -0.25) is 4.90 Å². The molecule has 0 bridgehead atoms. The van der Waals surface area contributed by atoms with Gasteiger partial charge in [0.2, 0.25) is 5.95 Å². The van der Waals surface area contributed by atoms with Crippen LogP contribution < -0.4 is 9.64 Å². The summed E-state index contributed by atoms with van der Waals surface area (Å²) in [5.41, 5.74) is 1.14. The highest BCUT2D eigenvalue weighted by Crippen LogP contribution is 2.15. The van der Waals surface area contributed by atoms with Crippen LogP contribution in [0.1, 0.15) is 18.4 Å². The van der Waals surface area contributed by atoms with E-state index in [0.29, 0.717) is 12.4 Å². The van der Waals surface area contributed by atoms with Crippen LogP contribution in [0.25, 0.3) is 0 Å². The predicted molar refractivity (Wildman–Crippen MR) is 115 cm³/mol. The minimum atomic E-state index is 0.534. The SMILES string of the molecule is c1ccc(COc2cnc(N3CCN(CCCCn4cccc4)CC3)nc2)cc1. The number of ether oxygens (including phenoxy) is 1. The summed E-state index contributed by atoms with van der Waals surface area (Å²) < 4.78 is 8.03. The molecule has 1 aromatic carbocycles. The summed E-state index contributed by atoms with van der Waals surface area (Å²) in [5.74, 6) is 1.50. The fourth-order valence-corrected chi connectivity index (χ4v) is 3.61. The van der Waals surface area contributed by atoms with Crippen molar-refractivity contribution >= 4 is 5.95 Å². The summed E-state index contributed by atoms with van der Waals surface area (Å²) in [7, 11) is 0. The summed E-state index contributed by atoms with van der Waals surface area (Å²) in [6.07, 6.45) is 10.3. The molecule has 0 amide bonds. The lowest BCUT2D eigenvalue weighted by Crippen LogP contribution is -2.47. The van der Waals surface area contributed by atoms with E-state index in [1.807, 2.05) is 18.2 Å². The Morgan fingerprint density at radius 1 is 0.793 bits per heavy atom. The Bertz CT molecular complexity index is 827. The third-order valence-corrected chi connectivity index (χ3v) is 5.32. The normalized spacial score (nSPS) is 14.8. The first-order valence-corrected chi connectivity index (χ1v) is 10.4. The summed E-state index contributed by atoms with van der Waals surface area (Å²) in [4.78, 5) is 13.8. The second-order valence-electron chi connectivity index (χ2n) is 7.45. The molecule has 3 heterocycles. The van der Waals surface area contributed by atoms with E-state index >= 15 is 0 Å². The largest absolute Gasteiger partial charge is 0.486 e. The summed E-state index contributed by atoms with van der Waals surface area (Å²) in [6, 6.07) is 14.3. The maximum Gasteiger partial charge on any atom is 0.225 e. The summed E-state index contributed by atoms with van der Waals surface area (Å²) >= 11 is 0. The molecular weight excluding hydrogens is 362 g/mol. The van der Waals surface area contributed by atoms with Crippen LogP contribution in [-0.4, -0.2) is 52.2 Å². The van der Waals surface area contributed by atoms with Gasteiger partial charge in [0.05, 0.1) is 12.4 Å². The van der Waals surface area contributed by atoms with Gasteiger partial charge in [-0.25, -0.2) is 9.97 Å². The Morgan fingerprint density at radius 2 is 1.48 bits per heavy atom. The molecule has 6 heteroatoms. The quantitative estimate of drug-likeness (QED) is 0.523. The molecule has 0 N–H and O–H groups in total. The van der Waals surface area contributed by atoms with Crippen LogP contribution in [0.15, 0.2) is 67.3 Å². The molecule has 152 valence electrons. The maximum atomic E-state index is 5.78. The molecule has 1 aliphatic rings. The molecule has 0 unspecified atom stereocenters. The lowest BCUT2D eigenvalue weighted by atomic mass is 10.2. The topological polar surface area (TPSA) is 46.4 Å². The van der Waals surface area contributed by atoms with Crippen LogP contribution in [0.5, 0.6) is 5.75 Å². The van der Waals surface area contributed by atoms with Crippen molar-refractivity contribution in [1.29, 1.82) is 0 Å². The Morgan fingerprint density at radius 3 is 2.21 bits per heavy atom. The summed E-state index contributed by atoms with van der Waals surface area (Å²) in [5, 5.41) is 0. The average molecular weight is 392 g/mol. The molecule has 0 saturated carbocycles. The van der Waals surface area contributed by atoms with Crippen LogP contribution in [0.4, 0.5) is 5.95 Å². The van der Waals surface area contributed by atoms with Crippen molar-refractivity contribution in [2.24, 2.45) is 0 Å². The Balaban J connectivity index is 1.16. The number of benzene rings is 1. The number of hydrogen-bond donors (Lipinski definition) is 0. The first-order chi connectivity index (χ1) is 14.4. The van der Waals surface area contributed by atoms with Gasteiger partial charge >= 0.3 is 0 Å². The molecule has 29 heavy (non-hydrogen) atoms. The Kier molecular flexibility index (Phi) is 6.76. The lowest BCUT2D eigenvalue weighted by Gasteiger charge is -2.34. The van der Waals surface area contributed by atoms with Crippen LogP contribution in [0.2, 0.25) is 0 Å². The number of hydrogen-bond acceptors (Lipinski definition) is 5. The third-order valence-electron chi connectivity index (χ3n) is 5.32. The van der Waals surface area contributed by atoms with Crippen molar-refractivity contribution in [3.8, 4) is 5.75 Å². The molecule has 0 radical (unpaired) electrons. The predicted octanol–water partition coefficient (Wildman–Crippen LogP) is 3.46. The van der Waals surface area contributed by atoms with Gasteiger partial charge in [0.15, 0.2) is 5.75 Å². The molecule has 0 spiro atoms. The Labute approximate surface area is 172 Å². The van der Waals surface area contributed by atoms with Gasteiger partial charge in [0.25, 0.3) is 0 Å². The minimum absolute atomic E-state index is 0.534. The fourth-order valence-electron chi connectivity index (χ4n) is 3.61. The number of piperazine rings is 1. The van der Waals surface area contributed by atoms with Gasteiger partial charge in [-0.15, -0.1) is 0 Å². The van der Waals surface area contributed by atoms with Crippen LogP contribution >= 0.6 is 0 Å². The van der Waals surface area contributed by atoms with Crippen molar-refractivity contribution in [3.05, 3.63) is 72.8 Å². The van der Waals surface area contributed by atoms with Gasteiger partial charge in [-0.2, -0.15) is 0 Å². The highest BCUT2D eigenvalue weighted by molar-refractivity contribution is 5.32. The highest BCUT2D eigenvalue weighted by Gasteiger charge is 2.18.